The third-order valence-electron chi connectivity index (χ3n) is 3.06. The van der Waals surface area contributed by atoms with Crippen LogP contribution >= 0.6 is 0 Å². The molecule has 1 aliphatic heterocycles. The minimum Gasteiger partial charge on any atom is -0.273 e. The molecule has 1 aromatic rings. The first kappa shape index (κ1) is 12.2. The maximum absolute atomic E-state index is 12.3. The summed E-state index contributed by atoms with van der Waals surface area (Å²) in [4.78, 5) is 0.372. The molecule has 92 valence electrons. The number of aryl methyl sites for hydroxylation is 1. The second-order valence-corrected chi connectivity index (χ2v) is 6.21. The normalized spacial score (nSPS) is 16.1. The highest BCUT2D eigenvalue weighted by atomic mass is 32.2. The zero-order valence-electron chi connectivity index (χ0n) is 10.2. The van der Waals surface area contributed by atoms with Crippen LogP contribution in [0.1, 0.15) is 25.3 Å². The van der Waals surface area contributed by atoms with Crippen molar-refractivity contribution in [2.45, 2.75) is 31.6 Å². The molecule has 1 aromatic carbocycles. The van der Waals surface area contributed by atoms with Crippen LogP contribution in [0.15, 0.2) is 40.9 Å². The molecule has 0 aromatic heterocycles. The van der Waals surface area contributed by atoms with Crippen LogP contribution in [0.3, 0.4) is 0 Å². The van der Waals surface area contributed by atoms with Crippen molar-refractivity contribution in [2.24, 2.45) is 0 Å². The average molecular weight is 251 g/mol. The first-order chi connectivity index (χ1) is 8.04. The van der Waals surface area contributed by atoms with Crippen molar-refractivity contribution in [3.63, 3.8) is 0 Å². The monoisotopic (exact) mass is 251 g/mol. The van der Waals surface area contributed by atoms with Gasteiger partial charge in [0.05, 0.1) is 4.90 Å². The fourth-order valence-electron chi connectivity index (χ4n) is 1.89. The Kier molecular flexibility index (Phi) is 3.24. The summed E-state index contributed by atoms with van der Waals surface area (Å²) in [5.41, 5.74) is 2.26. The predicted octanol–water partition coefficient (Wildman–Crippen LogP) is 2.68. The Morgan fingerprint density at radius 2 is 1.88 bits per heavy atom. The molecule has 0 N–H and O–H groups in total. The van der Waals surface area contributed by atoms with E-state index in [0.717, 1.165) is 18.4 Å². The van der Waals surface area contributed by atoms with Gasteiger partial charge in [-0.05, 0) is 31.9 Å². The standard InChI is InChI=1S/C13H17NO2S/c1-3-12-8-9-14(10-12)17(15,16)13-6-4-11(2)5-7-13/h4-7,10H,3,8-9H2,1-2H3. The van der Waals surface area contributed by atoms with Crippen LogP contribution in [-0.2, 0) is 10.0 Å². The zero-order chi connectivity index (χ0) is 12.5. The second-order valence-electron chi connectivity index (χ2n) is 4.32. The van der Waals surface area contributed by atoms with Crippen LogP contribution in [0.25, 0.3) is 0 Å². The minimum absolute atomic E-state index is 0.372. The van der Waals surface area contributed by atoms with Gasteiger partial charge in [-0.25, -0.2) is 8.42 Å². The van der Waals surface area contributed by atoms with Crippen LogP contribution in [0, 0.1) is 6.92 Å². The molecule has 17 heavy (non-hydrogen) atoms. The van der Waals surface area contributed by atoms with Gasteiger partial charge in [0.15, 0.2) is 0 Å². The summed E-state index contributed by atoms with van der Waals surface area (Å²) in [7, 11) is -3.34. The summed E-state index contributed by atoms with van der Waals surface area (Å²) in [6.07, 6.45) is 3.54. The van der Waals surface area contributed by atoms with E-state index in [2.05, 4.69) is 0 Å². The Balaban J connectivity index is 2.31. The molecule has 0 amide bonds. The van der Waals surface area contributed by atoms with Gasteiger partial charge in [0, 0.05) is 12.7 Å². The Labute approximate surface area is 103 Å². The number of benzene rings is 1. The molecule has 0 saturated carbocycles. The van der Waals surface area contributed by atoms with E-state index in [0.29, 0.717) is 11.4 Å². The van der Waals surface area contributed by atoms with Gasteiger partial charge >= 0.3 is 0 Å². The number of sulfonamides is 1. The number of hydrogen-bond donors (Lipinski definition) is 0. The third kappa shape index (κ3) is 2.36. The Morgan fingerprint density at radius 1 is 1.24 bits per heavy atom. The molecule has 1 aliphatic rings. The van der Waals surface area contributed by atoms with E-state index in [4.69, 9.17) is 0 Å². The summed E-state index contributed by atoms with van der Waals surface area (Å²) in [5.74, 6) is 0. The highest BCUT2D eigenvalue weighted by Crippen LogP contribution is 2.24. The molecule has 3 nitrogen and oxygen atoms in total. The van der Waals surface area contributed by atoms with Gasteiger partial charge < -0.3 is 0 Å². The summed E-state index contributed by atoms with van der Waals surface area (Å²) in [6.45, 7) is 4.56. The van der Waals surface area contributed by atoms with Crippen LogP contribution in [0.5, 0.6) is 0 Å². The van der Waals surface area contributed by atoms with E-state index in [1.165, 1.54) is 9.88 Å². The fourth-order valence-corrected chi connectivity index (χ4v) is 3.26. The number of hydrogen-bond acceptors (Lipinski definition) is 2. The molecule has 1 heterocycles. The fraction of sp³-hybridized carbons (Fsp3) is 0.385. The maximum atomic E-state index is 12.3. The molecule has 0 unspecified atom stereocenters. The molecule has 0 fully saturated rings. The van der Waals surface area contributed by atoms with Crippen molar-refractivity contribution in [3.8, 4) is 0 Å². The van der Waals surface area contributed by atoms with Crippen molar-refractivity contribution in [2.75, 3.05) is 6.54 Å². The van der Waals surface area contributed by atoms with Gasteiger partial charge in [-0.3, -0.25) is 4.31 Å². The van der Waals surface area contributed by atoms with Crippen molar-refractivity contribution < 1.29 is 8.42 Å². The molecular formula is C13H17NO2S. The lowest BCUT2D eigenvalue weighted by molar-refractivity contribution is 0.516. The van der Waals surface area contributed by atoms with Gasteiger partial charge in [-0.1, -0.05) is 30.2 Å². The highest BCUT2D eigenvalue weighted by molar-refractivity contribution is 7.89. The Hall–Kier alpha value is -1.29. The summed E-state index contributed by atoms with van der Waals surface area (Å²) in [6, 6.07) is 6.99. The summed E-state index contributed by atoms with van der Waals surface area (Å²) >= 11 is 0. The van der Waals surface area contributed by atoms with Crippen molar-refractivity contribution in [1.29, 1.82) is 0 Å². The minimum atomic E-state index is -3.34. The van der Waals surface area contributed by atoms with Gasteiger partial charge in [0.2, 0.25) is 0 Å². The molecule has 0 atom stereocenters. The Morgan fingerprint density at radius 3 is 2.41 bits per heavy atom. The molecule has 0 bridgehead atoms. The van der Waals surface area contributed by atoms with Crippen LogP contribution in [0.4, 0.5) is 0 Å². The van der Waals surface area contributed by atoms with Crippen LogP contribution < -0.4 is 0 Å². The Bertz CT molecular complexity index is 529. The average Bonchev–Trinajstić information content (AvgIpc) is 2.78. The third-order valence-corrected chi connectivity index (χ3v) is 4.83. The van der Waals surface area contributed by atoms with Crippen molar-refractivity contribution >= 4 is 10.0 Å². The molecular weight excluding hydrogens is 234 g/mol. The van der Waals surface area contributed by atoms with Gasteiger partial charge in [0.1, 0.15) is 0 Å². The van der Waals surface area contributed by atoms with E-state index < -0.39 is 10.0 Å². The quantitative estimate of drug-likeness (QED) is 0.828. The molecule has 0 radical (unpaired) electrons. The molecule has 0 aliphatic carbocycles. The van der Waals surface area contributed by atoms with Crippen LogP contribution in [-0.4, -0.2) is 19.3 Å². The van der Waals surface area contributed by atoms with Crippen molar-refractivity contribution in [3.05, 3.63) is 41.6 Å². The lowest BCUT2D eigenvalue weighted by atomic mass is 10.2. The smallest absolute Gasteiger partial charge is 0.263 e. The number of nitrogens with zero attached hydrogens (tertiary/aromatic N) is 1. The molecule has 2 rings (SSSR count). The van der Waals surface area contributed by atoms with E-state index >= 15 is 0 Å². The second kappa shape index (κ2) is 4.53. The largest absolute Gasteiger partial charge is 0.273 e. The van der Waals surface area contributed by atoms with Gasteiger partial charge in [-0.2, -0.15) is 0 Å². The first-order valence-electron chi connectivity index (χ1n) is 5.82. The lowest BCUT2D eigenvalue weighted by Gasteiger charge is -2.15. The van der Waals surface area contributed by atoms with Gasteiger partial charge in [-0.15, -0.1) is 0 Å². The van der Waals surface area contributed by atoms with E-state index in [9.17, 15) is 8.42 Å². The van der Waals surface area contributed by atoms with Crippen LogP contribution in [0.2, 0.25) is 0 Å². The van der Waals surface area contributed by atoms with E-state index in [1.54, 1.807) is 18.3 Å². The highest BCUT2D eigenvalue weighted by Gasteiger charge is 2.25. The first-order valence-corrected chi connectivity index (χ1v) is 7.26. The van der Waals surface area contributed by atoms with E-state index in [-0.39, 0.29) is 0 Å². The molecule has 4 heteroatoms. The van der Waals surface area contributed by atoms with Crippen molar-refractivity contribution in [1.82, 2.24) is 4.31 Å². The summed E-state index contributed by atoms with van der Waals surface area (Å²) in [5, 5.41) is 0. The maximum Gasteiger partial charge on any atom is 0.263 e. The predicted molar refractivity (Wildman–Crippen MR) is 68.1 cm³/mol. The number of rotatable bonds is 3. The SMILES string of the molecule is CCC1=CN(S(=O)(=O)c2ccc(C)cc2)CC1. The molecule has 0 saturated heterocycles. The lowest BCUT2D eigenvalue weighted by Crippen LogP contribution is -2.23. The summed E-state index contributed by atoms with van der Waals surface area (Å²) < 4.78 is 26.0. The zero-order valence-corrected chi connectivity index (χ0v) is 11.0. The molecule has 0 spiro atoms. The topological polar surface area (TPSA) is 37.4 Å². The van der Waals surface area contributed by atoms with E-state index in [1.807, 2.05) is 26.0 Å². The van der Waals surface area contributed by atoms with Gasteiger partial charge in [0.25, 0.3) is 10.0 Å².